The van der Waals surface area contributed by atoms with E-state index in [-0.39, 0.29) is 6.04 Å². The molecular formula is C15H14BrN3S. The Morgan fingerprint density at radius 1 is 1.25 bits per heavy atom. The van der Waals surface area contributed by atoms with E-state index in [1.54, 1.807) is 11.3 Å². The molecule has 0 amide bonds. The minimum atomic E-state index is 0.0928. The maximum atomic E-state index is 5.74. The van der Waals surface area contributed by atoms with E-state index in [1.807, 2.05) is 24.4 Å². The van der Waals surface area contributed by atoms with Crippen molar-refractivity contribution in [1.82, 2.24) is 10.4 Å². The van der Waals surface area contributed by atoms with Gasteiger partial charge in [0.1, 0.15) is 0 Å². The van der Waals surface area contributed by atoms with Crippen molar-refractivity contribution in [2.75, 3.05) is 0 Å². The highest BCUT2D eigenvalue weighted by Gasteiger charge is 2.16. The first-order valence-electron chi connectivity index (χ1n) is 6.31. The zero-order valence-corrected chi connectivity index (χ0v) is 13.1. The third-order valence-electron chi connectivity index (χ3n) is 3.33. The summed E-state index contributed by atoms with van der Waals surface area (Å²) in [7, 11) is 0. The molecule has 1 aromatic carbocycles. The van der Waals surface area contributed by atoms with Crippen LogP contribution in [0.25, 0.3) is 10.9 Å². The van der Waals surface area contributed by atoms with E-state index < -0.39 is 0 Å². The molecule has 2 heterocycles. The Morgan fingerprint density at radius 2 is 2.10 bits per heavy atom. The van der Waals surface area contributed by atoms with Gasteiger partial charge in [-0.3, -0.25) is 16.3 Å². The predicted molar refractivity (Wildman–Crippen MR) is 87.5 cm³/mol. The normalized spacial score (nSPS) is 12.7. The minimum Gasteiger partial charge on any atom is -0.271 e. The summed E-state index contributed by atoms with van der Waals surface area (Å²) in [5.74, 6) is 5.74. The number of nitrogens with zero attached hydrogens (tertiary/aromatic N) is 1. The number of para-hydroxylation sites is 1. The Bertz CT molecular complexity index is 720. The van der Waals surface area contributed by atoms with Crippen LogP contribution < -0.4 is 11.3 Å². The molecule has 2 aromatic heterocycles. The summed E-state index contributed by atoms with van der Waals surface area (Å²) in [6, 6.07) is 12.4. The second kappa shape index (κ2) is 6.01. The highest BCUT2D eigenvalue weighted by molar-refractivity contribution is 9.10. The predicted octanol–water partition coefficient (Wildman–Crippen LogP) is 3.81. The van der Waals surface area contributed by atoms with Crippen LogP contribution in [-0.4, -0.2) is 4.98 Å². The summed E-state index contributed by atoms with van der Waals surface area (Å²) in [4.78, 5) is 5.61. The SMILES string of the molecule is NNC(Cc1ccnc2ccccc12)c1sccc1Br. The van der Waals surface area contributed by atoms with Gasteiger partial charge < -0.3 is 0 Å². The molecule has 0 saturated carbocycles. The van der Waals surface area contributed by atoms with Crippen LogP contribution in [0.1, 0.15) is 16.5 Å². The van der Waals surface area contributed by atoms with Crippen molar-refractivity contribution in [2.45, 2.75) is 12.5 Å². The van der Waals surface area contributed by atoms with E-state index in [9.17, 15) is 0 Å². The maximum absolute atomic E-state index is 5.74. The quantitative estimate of drug-likeness (QED) is 0.557. The van der Waals surface area contributed by atoms with Crippen LogP contribution >= 0.6 is 27.3 Å². The minimum absolute atomic E-state index is 0.0928. The Balaban J connectivity index is 1.98. The number of fused-ring (bicyclic) bond motifs is 1. The van der Waals surface area contributed by atoms with Crippen molar-refractivity contribution in [1.29, 1.82) is 0 Å². The number of nitrogens with two attached hydrogens (primary N) is 1. The molecule has 0 bridgehead atoms. The Morgan fingerprint density at radius 3 is 2.85 bits per heavy atom. The van der Waals surface area contributed by atoms with Crippen LogP contribution in [0, 0.1) is 0 Å². The molecule has 0 spiro atoms. The highest BCUT2D eigenvalue weighted by Crippen LogP contribution is 2.31. The number of thiophene rings is 1. The van der Waals surface area contributed by atoms with Gasteiger partial charge in [0.25, 0.3) is 0 Å². The number of halogens is 1. The zero-order valence-electron chi connectivity index (χ0n) is 10.7. The standard InChI is InChI=1S/C15H14BrN3S/c16-12-6-8-20-15(12)14(19-17)9-10-5-7-18-13-4-2-1-3-11(10)13/h1-8,14,19H,9,17H2. The van der Waals surface area contributed by atoms with Gasteiger partial charge in [0.15, 0.2) is 0 Å². The van der Waals surface area contributed by atoms with Gasteiger partial charge in [0.05, 0.1) is 11.6 Å². The molecule has 5 heteroatoms. The molecule has 0 radical (unpaired) electrons. The van der Waals surface area contributed by atoms with E-state index >= 15 is 0 Å². The fourth-order valence-electron chi connectivity index (χ4n) is 2.33. The molecule has 0 aliphatic heterocycles. The Labute approximate surface area is 129 Å². The van der Waals surface area contributed by atoms with E-state index in [2.05, 4.69) is 49.9 Å². The topological polar surface area (TPSA) is 50.9 Å². The van der Waals surface area contributed by atoms with Gasteiger partial charge in [-0.15, -0.1) is 11.3 Å². The van der Waals surface area contributed by atoms with Crippen molar-refractivity contribution in [3.05, 3.63) is 62.9 Å². The first-order chi connectivity index (χ1) is 9.79. The largest absolute Gasteiger partial charge is 0.271 e. The van der Waals surface area contributed by atoms with Crippen LogP contribution in [0.5, 0.6) is 0 Å². The van der Waals surface area contributed by atoms with Crippen LogP contribution in [0.4, 0.5) is 0 Å². The van der Waals surface area contributed by atoms with Crippen LogP contribution in [0.15, 0.2) is 52.4 Å². The summed E-state index contributed by atoms with van der Waals surface area (Å²) >= 11 is 5.28. The van der Waals surface area contributed by atoms with Crippen LogP contribution in [-0.2, 0) is 6.42 Å². The molecule has 1 unspecified atom stereocenters. The third kappa shape index (κ3) is 2.62. The lowest BCUT2D eigenvalue weighted by atomic mass is 10.0. The number of rotatable bonds is 4. The van der Waals surface area contributed by atoms with Crippen molar-refractivity contribution in [3.8, 4) is 0 Å². The molecule has 102 valence electrons. The molecule has 3 nitrogen and oxygen atoms in total. The summed E-state index contributed by atoms with van der Waals surface area (Å²) in [5.41, 5.74) is 5.19. The first kappa shape index (κ1) is 13.7. The van der Waals surface area contributed by atoms with Crippen molar-refractivity contribution in [3.63, 3.8) is 0 Å². The van der Waals surface area contributed by atoms with Gasteiger partial charge in [-0.2, -0.15) is 0 Å². The molecule has 0 aliphatic carbocycles. The number of nitrogens with one attached hydrogen (secondary N) is 1. The smallest absolute Gasteiger partial charge is 0.0704 e. The van der Waals surface area contributed by atoms with Crippen molar-refractivity contribution in [2.24, 2.45) is 5.84 Å². The summed E-state index contributed by atoms with van der Waals surface area (Å²) in [6.07, 6.45) is 2.69. The van der Waals surface area contributed by atoms with Gasteiger partial charge in [-0.25, -0.2) is 0 Å². The molecule has 0 saturated heterocycles. The van der Waals surface area contributed by atoms with Crippen LogP contribution in [0.2, 0.25) is 0 Å². The van der Waals surface area contributed by atoms with Gasteiger partial charge >= 0.3 is 0 Å². The summed E-state index contributed by atoms with van der Waals surface area (Å²) in [6.45, 7) is 0. The monoisotopic (exact) mass is 347 g/mol. The number of hydrazine groups is 1. The van der Waals surface area contributed by atoms with E-state index in [1.165, 1.54) is 15.8 Å². The molecule has 3 N–H and O–H groups in total. The maximum Gasteiger partial charge on any atom is 0.0704 e. The third-order valence-corrected chi connectivity index (χ3v) is 5.31. The average molecular weight is 348 g/mol. The van der Waals surface area contributed by atoms with Gasteiger partial charge in [-0.1, -0.05) is 18.2 Å². The average Bonchev–Trinajstić information content (AvgIpc) is 2.91. The molecule has 0 fully saturated rings. The van der Waals surface area contributed by atoms with E-state index in [0.29, 0.717) is 0 Å². The van der Waals surface area contributed by atoms with Crippen molar-refractivity contribution < 1.29 is 0 Å². The van der Waals surface area contributed by atoms with Gasteiger partial charge in [-0.05, 0) is 51.5 Å². The molecule has 3 rings (SSSR count). The van der Waals surface area contributed by atoms with E-state index in [4.69, 9.17) is 5.84 Å². The summed E-state index contributed by atoms with van der Waals surface area (Å²) < 4.78 is 1.10. The number of aromatic nitrogens is 1. The molecular weight excluding hydrogens is 334 g/mol. The highest BCUT2D eigenvalue weighted by atomic mass is 79.9. The fourth-order valence-corrected chi connectivity index (χ4v) is 4.05. The van der Waals surface area contributed by atoms with Gasteiger partial charge in [0, 0.05) is 20.9 Å². The number of benzene rings is 1. The van der Waals surface area contributed by atoms with Gasteiger partial charge in [0.2, 0.25) is 0 Å². The number of pyridine rings is 1. The fraction of sp³-hybridized carbons (Fsp3) is 0.133. The number of hydrogen-bond donors (Lipinski definition) is 2. The molecule has 0 aliphatic rings. The lowest BCUT2D eigenvalue weighted by Crippen LogP contribution is -2.29. The zero-order chi connectivity index (χ0) is 13.9. The first-order valence-corrected chi connectivity index (χ1v) is 7.98. The van der Waals surface area contributed by atoms with Crippen molar-refractivity contribution >= 4 is 38.2 Å². The second-order valence-corrected chi connectivity index (χ2v) is 6.35. The molecule has 3 aromatic rings. The second-order valence-electron chi connectivity index (χ2n) is 4.54. The Hall–Kier alpha value is -1.27. The Kier molecular flexibility index (Phi) is 4.12. The lowest BCUT2D eigenvalue weighted by Gasteiger charge is -2.16. The molecule has 1 atom stereocenters. The number of hydrogen-bond acceptors (Lipinski definition) is 4. The summed E-state index contributed by atoms with van der Waals surface area (Å²) in [5, 5.41) is 3.25. The molecule has 20 heavy (non-hydrogen) atoms. The lowest BCUT2D eigenvalue weighted by molar-refractivity contribution is 0.560. The van der Waals surface area contributed by atoms with Crippen LogP contribution in [0.3, 0.4) is 0 Å². The van der Waals surface area contributed by atoms with E-state index in [0.717, 1.165) is 16.4 Å².